The molecular weight excluding hydrogens is 280 g/mol. The maximum absolute atomic E-state index is 12.2. The first-order valence-electron chi connectivity index (χ1n) is 5.56. The summed E-state index contributed by atoms with van der Waals surface area (Å²) in [5, 5.41) is 10.7. The van der Waals surface area contributed by atoms with Crippen LogP contribution in [-0.2, 0) is 16.6 Å². The Morgan fingerprint density at radius 3 is 2.79 bits per heavy atom. The Labute approximate surface area is 116 Å². The van der Waals surface area contributed by atoms with Crippen molar-refractivity contribution in [3.05, 3.63) is 51.7 Å². The van der Waals surface area contributed by atoms with Crippen LogP contribution in [0.1, 0.15) is 16.0 Å². The molecule has 19 heavy (non-hydrogen) atoms. The van der Waals surface area contributed by atoms with Crippen LogP contribution in [0.2, 0.25) is 0 Å². The van der Waals surface area contributed by atoms with Crippen molar-refractivity contribution in [2.75, 3.05) is 0 Å². The van der Waals surface area contributed by atoms with Gasteiger partial charge in [0, 0.05) is 11.4 Å². The first kappa shape index (κ1) is 13.7. The van der Waals surface area contributed by atoms with Gasteiger partial charge in [-0.2, -0.15) is 5.26 Å². The minimum atomic E-state index is -3.59. The van der Waals surface area contributed by atoms with E-state index in [1.54, 1.807) is 19.1 Å². The molecule has 0 aliphatic heterocycles. The monoisotopic (exact) mass is 292 g/mol. The highest BCUT2D eigenvalue weighted by molar-refractivity contribution is 7.89. The van der Waals surface area contributed by atoms with Gasteiger partial charge in [0.25, 0.3) is 0 Å². The Kier molecular flexibility index (Phi) is 4.00. The van der Waals surface area contributed by atoms with E-state index in [9.17, 15) is 8.42 Å². The first-order chi connectivity index (χ1) is 9.03. The van der Waals surface area contributed by atoms with E-state index in [0.717, 1.165) is 4.88 Å². The van der Waals surface area contributed by atoms with Crippen molar-refractivity contribution in [2.45, 2.75) is 18.4 Å². The zero-order valence-electron chi connectivity index (χ0n) is 10.3. The average molecular weight is 292 g/mol. The minimum Gasteiger partial charge on any atom is -0.207 e. The van der Waals surface area contributed by atoms with Gasteiger partial charge < -0.3 is 0 Å². The molecule has 2 rings (SSSR count). The normalized spacial score (nSPS) is 11.2. The van der Waals surface area contributed by atoms with Gasteiger partial charge in [0.2, 0.25) is 10.0 Å². The molecule has 0 aliphatic rings. The third-order valence-electron chi connectivity index (χ3n) is 2.62. The van der Waals surface area contributed by atoms with Gasteiger partial charge in [-0.15, -0.1) is 11.3 Å². The molecule has 0 bridgehead atoms. The zero-order valence-corrected chi connectivity index (χ0v) is 11.9. The van der Waals surface area contributed by atoms with E-state index in [-0.39, 0.29) is 11.4 Å². The maximum atomic E-state index is 12.2. The Bertz CT molecular complexity index is 714. The summed E-state index contributed by atoms with van der Waals surface area (Å²) in [6, 6.07) is 10.3. The smallest absolute Gasteiger partial charge is 0.207 e. The van der Waals surface area contributed by atoms with Crippen LogP contribution >= 0.6 is 11.3 Å². The molecule has 0 radical (unpaired) electrons. The Morgan fingerprint density at radius 1 is 1.37 bits per heavy atom. The topological polar surface area (TPSA) is 70.0 Å². The summed E-state index contributed by atoms with van der Waals surface area (Å²) in [5.41, 5.74) is 0.958. The Morgan fingerprint density at radius 2 is 2.16 bits per heavy atom. The van der Waals surface area contributed by atoms with Crippen molar-refractivity contribution < 1.29 is 8.42 Å². The van der Waals surface area contributed by atoms with Crippen molar-refractivity contribution in [2.24, 2.45) is 0 Å². The summed E-state index contributed by atoms with van der Waals surface area (Å²) in [6.07, 6.45) is 0. The molecule has 1 N–H and O–H groups in total. The molecule has 1 heterocycles. The van der Waals surface area contributed by atoms with Crippen LogP contribution in [-0.4, -0.2) is 8.42 Å². The molecule has 0 fully saturated rings. The molecular formula is C13H12N2O2S2. The number of rotatable bonds is 4. The number of nitrogens with zero attached hydrogens (tertiary/aromatic N) is 1. The highest BCUT2D eigenvalue weighted by atomic mass is 32.2. The summed E-state index contributed by atoms with van der Waals surface area (Å²) in [4.78, 5) is 1.10. The summed E-state index contributed by atoms with van der Waals surface area (Å²) in [7, 11) is -3.59. The van der Waals surface area contributed by atoms with E-state index in [0.29, 0.717) is 11.1 Å². The quantitative estimate of drug-likeness (QED) is 0.940. The lowest BCUT2D eigenvalue weighted by Gasteiger charge is -2.08. The number of benzene rings is 1. The fraction of sp³-hybridized carbons (Fsp3) is 0.154. The maximum Gasteiger partial charge on any atom is 0.241 e. The van der Waals surface area contributed by atoms with Gasteiger partial charge in [-0.05, 0) is 36.1 Å². The van der Waals surface area contributed by atoms with Crippen molar-refractivity contribution in [1.29, 1.82) is 5.26 Å². The van der Waals surface area contributed by atoms with Crippen molar-refractivity contribution >= 4 is 21.4 Å². The van der Waals surface area contributed by atoms with Gasteiger partial charge in [-0.1, -0.05) is 12.1 Å². The molecule has 0 atom stereocenters. The van der Waals surface area contributed by atoms with Crippen molar-refractivity contribution in [3.8, 4) is 6.07 Å². The van der Waals surface area contributed by atoms with E-state index in [2.05, 4.69) is 4.72 Å². The molecule has 0 unspecified atom stereocenters. The van der Waals surface area contributed by atoms with E-state index in [4.69, 9.17) is 5.26 Å². The van der Waals surface area contributed by atoms with E-state index < -0.39 is 10.0 Å². The van der Waals surface area contributed by atoms with Gasteiger partial charge in [-0.25, -0.2) is 13.1 Å². The standard InChI is InChI=1S/C13H12N2O2S2/c1-10-4-5-11(8-14)7-13(10)19(16,17)15-9-12-3-2-6-18-12/h2-7,15H,9H2,1H3. The van der Waals surface area contributed by atoms with Crippen LogP contribution in [0.15, 0.2) is 40.6 Å². The molecule has 2 aromatic rings. The SMILES string of the molecule is Cc1ccc(C#N)cc1S(=O)(=O)NCc1cccs1. The van der Waals surface area contributed by atoms with Gasteiger partial charge in [-0.3, -0.25) is 0 Å². The van der Waals surface area contributed by atoms with Crippen LogP contribution in [0.5, 0.6) is 0 Å². The van der Waals surface area contributed by atoms with E-state index in [1.165, 1.54) is 17.4 Å². The molecule has 1 aromatic heterocycles. The number of nitrogens with one attached hydrogen (secondary N) is 1. The highest BCUT2D eigenvalue weighted by Crippen LogP contribution is 2.17. The van der Waals surface area contributed by atoms with Gasteiger partial charge in [0.05, 0.1) is 16.5 Å². The second kappa shape index (κ2) is 5.53. The third-order valence-corrected chi connectivity index (χ3v) is 5.04. The molecule has 1 aromatic carbocycles. The van der Waals surface area contributed by atoms with Crippen LogP contribution in [0.25, 0.3) is 0 Å². The Balaban J connectivity index is 2.27. The number of aryl methyl sites for hydroxylation is 1. The first-order valence-corrected chi connectivity index (χ1v) is 7.92. The third kappa shape index (κ3) is 3.20. The number of hydrogen-bond acceptors (Lipinski definition) is 4. The lowest BCUT2D eigenvalue weighted by molar-refractivity contribution is 0.581. The summed E-state index contributed by atoms with van der Waals surface area (Å²) in [6.45, 7) is 1.97. The van der Waals surface area contributed by atoms with E-state index >= 15 is 0 Å². The van der Waals surface area contributed by atoms with E-state index in [1.807, 2.05) is 23.6 Å². The van der Waals surface area contributed by atoms with Crippen LogP contribution in [0.3, 0.4) is 0 Å². The van der Waals surface area contributed by atoms with Crippen LogP contribution in [0, 0.1) is 18.3 Å². The number of nitriles is 1. The second-order valence-electron chi connectivity index (χ2n) is 4.00. The van der Waals surface area contributed by atoms with Gasteiger partial charge in [0.1, 0.15) is 0 Å². The van der Waals surface area contributed by atoms with Gasteiger partial charge >= 0.3 is 0 Å². The largest absolute Gasteiger partial charge is 0.241 e. The molecule has 4 nitrogen and oxygen atoms in total. The lowest BCUT2D eigenvalue weighted by atomic mass is 10.2. The molecule has 98 valence electrons. The summed E-state index contributed by atoms with van der Waals surface area (Å²) < 4.78 is 26.9. The fourth-order valence-electron chi connectivity index (χ4n) is 1.62. The van der Waals surface area contributed by atoms with Crippen molar-refractivity contribution in [3.63, 3.8) is 0 Å². The molecule has 6 heteroatoms. The Hall–Kier alpha value is -1.68. The number of sulfonamides is 1. The molecule has 0 saturated carbocycles. The lowest BCUT2D eigenvalue weighted by Crippen LogP contribution is -2.23. The zero-order chi connectivity index (χ0) is 13.9. The molecule has 0 saturated heterocycles. The molecule has 0 spiro atoms. The number of thiophene rings is 1. The molecule has 0 aliphatic carbocycles. The predicted octanol–water partition coefficient (Wildman–Crippen LogP) is 2.41. The highest BCUT2D eigenvalue weighted by Gasteiger charge is 2.17. The van der Waals surface area contributed by atoms with Crippen LogP contribution in [0.4, 0.5) is 0 Å². The van der Waals surface area contributed by atoms with Gasteiger partial charge in [0.15, 0.2) is 0 Å². The number of hydrogen-bond donors (Lipinski definition) is 1. The van der Waals surface area contributed by atoms with Crippen molar-refractivity contribution in [1.82, 2.24) is 4.72 Å². The molecule has 0 amide bonds. The minimum absolute atomic E-state index is 0.156. The predicted molar refractivity (Wildman–Crippen MR) is 74.2 cm³/mol. The second-order valence-corrected chi connectivity index (χ2v) is 6.76. The fourth-order valence-corrected chi connectivity index (χ4v) is 3.63. The summed E-state index contributed by atoms with van der Waals surface area (Å²) >= 11 is 1.49. The summed E-state index contributed by atoms with van der Waals surface area (Å²) in [5.74, 6) is 0. The average Bonchev–Trinajstić information content (AvgIpc) is 2.90. The van der Waals surface area contributed by atoms with Crippen LogP contribution < -0.4 is 4.72 Å².